The summed E-state index contributed by atoms with van der Waals surface area (Å²) in [5.74, 6) is -0.0367. The molecular formula is C12H17N3O. The summed E-state index contributed by atoms with van der Waals surface area (Å²) in [4.78, 5) is 13.8. The predicted molar refractivity (Wildman–Crippen MR) is 64.2 cm³/mol. The Labute approximate surface area is 95.9 Å². The molecule has 0 aliphatic heterocycles. The Morgan fingerprint density at radius 1 is 1.50 bits per heavy atom. The van der Waals surface area contributed by atoms with Crippen LogP contribution in [0.3, 0.4) is 0 Å². The van der Waals surface area contributed by atoms with Gasteiger partial charge in [0.15, 0.2) is 0 Å². The Bertz CT molecular complexity index is 396. The molecule has 0 bridgehead atoms. The fraction of sp³-hybridized carbons (Fsp3) is 0.333. The Morgan fingerprint density at radius 2 is 2.06 bits per heavy atom. The normalized spacial score (nSPS) is 9.88. The van der Waals surface area contributed by atoms with Gasteiger partial charge >= 0.3 is 0 Å². The first-order chi connectivity index (χ1) is 7.60. The molecule has 4 heteroatoms. The fourth-order valence-corrected chi connectivity index (χ4v) is 1.53. The van der Waals surface area contributed by atoms with Gasteiger partial charge < -0.3 is 4.90 Å². The molecule has 0 aliphatic carbocycles. The summed E-state index contributed by atoms with van der Waals surface area (Å²) in [5.41, 5.74) is 1.37. The van der Waals surface area contributed by atoms with Crippen LogP contribution < -0.4 is 0 Å². The van der Waals surface area contributed by atoms with Gasteiger partial charge in [-0.2, -0.15) is 5.10 Å². The highest BCUT2D eigenvalue weighted by Crippen LogP contribution is 2.09. The van der Waals surface area contributed by atoms with Crippen molar-refractivity contribution in [1.29, 1.82) is 0 Å². The number of carbonyl (C=O) groups is 1. The molecule has 0 aliphatic rings. The maximum absolute atomic E-state index is 12.1. The second kappa shape index (κ2) is 5.30. The fourth-order valence-electron chi connectivity index (χ4n) is 1.53. The number of amides is 1. The highest BCUT2D eigenvalue weighted by molar-refractivity contribution is 5.95. The maximum atomic E-state index is 12.1. The van der Waals surface area contributed by atoms with Crippen LogP contribution in [-0.4, -0.2) is 33.7 Å². The Balaban J connectivity index is 2.93. The van der Waals surface area contributed by atoms with Crippen molar-refractivity contribution in [3.63, 3.8) is 0 Å². The molecule has 4 nitrogen and oxygen atoms in total. The lowest BCUT2D eigenvalue weighted by atomic mass is 10.2. The monoisotopic (exact) mass is 219 g/mol. The van der Waals surface area contributed by atoms with Gasteiger partial charge in [0.2, 0.25) is 0 Å². The lowest BCUT2D eigenvalue weighted by Crippen LogP contribution is -2.31. The average Bonchev–Trinajstić information content (AvgIpc) is 2.56. The van der Waals surface area contributed by atoms with E-state index in [1.54, 1.807) is 35.0 Å². The summed E-state index contributed by atoms with van der Waals surface area (Å²) in [5, 5.41) is 4.15. The first-order valence-electron chi connectivity index (χ1n) is 5.11. The van der Waals surface area contributed by atoms with E-state index in [2.05, 4.69) is 18.3 Å². The number of nitrogens with zero attached hydrogens (tertiary/aromatic N) is 3. The Hall–Kier alpha value is -1.84. The molecular weight excluding hydrogens is 202 g/mol. The second-order valence-corrected chi connectivity index (χ2v) is 3.59. The molecule has 0 aromatic carbocycles. The standard InChI is InChI=1S/C12H17N3O/c1-5-7-15(8-6-2)12(16)11-9-14(4)13-10(11)3/h5-6,9H,1-2,7-8H2,3-4H3. The van der Waals surface area contributed by atoms with Gasteiger partial charge in [-0.05, 0) is 6.92 Å². The Kier molecular flexibility index (Phi) is 4.05. The number of carbonyl (C=O) groups excluding carboxylic acids is 1. The summed E-state index contributed by atoms with van der Waals surface area (Å²) >= 11 is 0. The molecule has 0 saturated heterocycles. The van der Waals surface area contributed by atoms with Crippen molar-refractivity contribution in [3.05, 3.63) is 42.8 Å². The van der Waals surface area contributed by atoms with Crippen LogP contribution in [0.1, 0.15) is 16.1 Å². The minimum Gasteiger partial charge on any atom is -0.331 e. The average molecular weight is 219 g/mol. The zero-order valence-electron chi connectivity index (χ0n) is 9.81. The van der Waals surface area contributed by atoms with Crippen LogP contribution in [0.5, 0.6) is 0 Å². The smallest absolute Gasteiger partial charge is 0.257 e. The molecule has 0 unspecified atom stereocenters. The van der Waals surface area contributed by atoms with Gasteiger partial charge in [0.25, 0.3) is 5.91 Å². The minimum atomic E-state index is -0.0367. The van der Waals surface area contributed by atoms with Crippen LogP contribution in [0.15, 0.2) is 31.5 Å². The van der Waals surface area contributed by atoms with Crippen molar-refractivity contribution in [2.45, 2.75) is 6.92 Å². The third-order valence-electron chi connectivity index (χ3n) is 2.23. The number of hydrogen-bond acceptors (Lipinski definition) is 2. The van der Waals surface area contributed by atoms with E-state index in [9.17, 15) is 4.79 Å². The third kappa shape index (κ3) is 2.59. The van der Waals surface area contributed by atoms with Crippen molar-refractivity contribution in [2.24, 2.45) is 7.05 Å². The van der Waals surface area contributed by atoms with E-state index < -0.39 is 0 Å². The molecule has 1 rings (SSSR count). The highest BCUT2D eigenvalue weighted by atomic mass is 16.2. The summed E-state index contributed by atoms with van der Waals surface area (Å²) in [7, 11) is 1.80. The van der Waals surface area contributed by atoms with E-state index >= 15 is 0 Å². The third-order valence-corrected chi connectivity index (χ3v) is 2.23. The van der Waals surface area contributed by atoms with Crippen LogP contribution in [-0.2, 0) is 7.05 Å². The lowest BCUT2D eigenvalue weighted by molar-refractivity contribution is 0.0790. The van der Waals surface area contributed by atoms with Gasteiger partial charge in [-0.3, -0.25) is 9.48 Å². The number of aromatic nitrogens is 2. The number of hydrogen-bond donors (Lipinski definition) is 0. The molecule has 0 saturated carbocycles. The van der Waals surface area contributed by atoms with Crippen LogP contribution in [0.2, 0.25) is 0 Å². The summed E-state index contributed by atoms with van der Waals surface area (Å²) in [6.45, 7) is 10.1. The molecule has 1 aromatic rings. The van der Waals surface area contributed by atoms with Gasteiger partial charge in [-0.1, -0.05) is 12.2 Å². The van der Waals surface area contributed by atoms with E-state index in [1.165, 1.54) is 0 Å². The van der Waals surface area contributed by atoms with E-state index in [4.69, 9.17) is 0 Å². The first-order valence-corrected chi connectivity index (χ1v) is 5.11. The van der Waals surface area contributed by atoms with Crippen LogP contribution in [0.25, 0.3) is 0 Å². The highest BCUT2D eigenvalue weighted by Gasteiger charge is 2.17. The summed E-state index contributed by atoms with van der Waals surface area (Å²) in [6.07, 6.45) is 5.14. The van der Waals surface area contributed by atoms with E-state index in [1.807, 2.05) is 6.92 Å². The molecule has 0 N–H and O–H groups in total. The lowest BCUT2D eigenvalue weighted by Gasteiger charge is -2.18. The van der Waals surface area contributed by atoms with Crippen molar-refractivity contribution in [3.8, 4) is 0 Å². The quantitative estimate of drug-likeness (QED) is 0.705. The van der Waals surface area contributed by atoms with Crippen molar-refractivity contribution < 1.29 is 4.79 Å². The van der Waals surface area contributed by atoms with E-state index in [-0.39, 0.29) is 5.91 Å². The van der Waals surface area contributed by atoms with E-state index in [0.717, 1.165) is 5.69 Å². The van der Waals surface area contributed by atoms with Crippen molar-refractivity contribution in [2.75, 3.05) is 13.1 Å². The molecule has 0 radical (unpaired) electrons. The van der Waals surface area contributed by atoms with E-state index in [0.29, 0.717) is 18.7 Å². The molecule has 1 amide bonds. The predicted octanol–water partition coefficient (Wildman–Crippen LogP) is 1.54. The molecule has 0 fully saturated rings. The summed E-state index contributed by atoms with van der Waals surface area (Å²) < 4.78 is 1.64. The zero-order valence-corrected chi connectivity index (χ0v) is 9.81. The SMILES string of the molecule is C=CCN(CC=C)C(=O)c1cn(C)nc1C. The van der Waals surface area contributed by atoms with Crippen molar-refractivity contribution in [1.82, 2.24) is 14.7 Å². The first kappa shape index (κ1) is 12.2. The molecule has 16 heavy (non-hydrogen) atoms. The van der Waals surface area contributed by atoms with Gasteiger partial charge in [0.05, 0.1) is 11.3 Å². The van der Waals surface area contributed by atoms with Crippen LogP contribution in [0.4, 0.5) is 0 Å². The van der Waals surface area contributed by atoms with Gasteiger partial charge in [0.1, 0.15) is 0 Å². The maximum Gasteiger partial charge on any atom is 0.257 e. The molecule has 1 heterocycles. The van der Waals surface area contributed by atoms with Crippen molar-refractivity contribution >= 4 is 5.91 Å². The Morgan fingerprint density at radius 3 is 2.44 bits per heavy atom. The largest absolute Gasteiger partial charge is 0.331 e. The molecule has 86 valence electrons. The summed E-state index contributed by atoms with van der Waals surface area (Å²) in [6, 6.07) is 0. The number of rotatable bonds is 5. The number of aryl methyl sites for hydroxylation is 2. The second-order valence-electron chi connectivity index (χ2n) is 3.59. The topological polar surface area (TPSA) is 38.1 Å². The molecule has 0 spiro atoms. The van der Waals surface area contributed by atoms with Gasteiger partial charge in [0, 0.05) is 26.3 Å². The zero-order chi connectivity index (χ0) is 12.1. The van der Waals surface area contributed by atoms with Gasteiger partial charge in [-0.25, -0.2) is 0 Å². The van der Waals surface area contributed by atoms with Crippen LogP contribution >= 0.6 is 0 Å². The molecule has 0 atom stereocenters. The van der Waals surface area contributed by atoms with Gasteiger partial charge in [-0.15, -0.1) is 13.2 Å². The minimum absolute atomic E-state index is 0.0367. The molecule has 1 aromatic heterocycles. The van der Waals surface area contributed by atoms with Crippen LogP contribution in [0, 0.1) is 6.92 Å².